The zero-order valence-corrected chi connectivity index (χ0v) is 10.5. The second kappa shape index (κ2) is 7.11. The van der Waals surface area contributed by atoms with Crippen LogP contribution in [0.4, 0.5) is 0 Å². The lowest BCUT2D eigenvalue weighted by molar-refractivity contribution is 0.123. The van der Waals surface area contributed by atoms with Crippen LogP contribution in [-0.4, -0.2) is 27.4 Å². The fourth-order valence-electron chi connectivity index (χ4n) is 1.51. The molecule has 0 aliphatic carbocycles. The lowest BCUT2D eigenvalue weighted by Gasteiger charge is -2.17. The van der Waals surface area contributed by atoms with Crippen molar-refractivity contribution in [3.05, 3.63) is 23.8 Å². The Morgan fingerprint density at radius 1 is 1.18 bits per heavy atom. The molecule has 0 heterocycles. The molecule has 0 amide bonds. The minimum atomic E-state index is -0.0843. The number of methoxy groups -OCH3 is 2. The average molecular weight is 240 g/mol. The van der Waals surface area contributed by atoms with E-state index in [1.165, 1.54) is 0 Å². The number of hydrazine groups is 1. The highest BCUT2D eigenvalue weighted by atomic mass is 16.5. The minimum Gasteiger partial charge on any atom is -0.497 e. The van der Waals surface area contributed by atoms with Gasteiger partial charge >= 0.3 is 0 Å². The predicted molar refractivity (Wildman–Crippen MR) is 66.1 cm³/mol. The van der Waals surface area contributed by atoms with E-state index in [-0.39, 0.29) is 6.04 Å². The summed E-state index contributed by atoms with van der Waals surface area (Å²) in [7, 11) is 3.23. The molecule has 0 aliphatic rings. The summed E-state index contributed by atoms with van der Waals surface area (Å²) in [5.41, 5.74) is 3.69. The van der Waals surface area contributed by atoms with Crippen molar-refractivity contribution in [1.82, 2.24) is 5.43 Å². The van der Waals surface area contributed by atoms with Crippen molar-refractivity contribution in [1.29, 1.82) is 0 Å². The Hall–Kier alpha value is -1.30. The molecule has 5 heteroatoms. The summed E-state index contributed by atoms with van der Waals surface area (Å²) in [6.07, 6.45) is 0. The summed E-state index contributed by atoms with van der Waals surface area (Å²) in [5.74, 6) is 6.98. The van der Waals surface area contributed by atoms with Gasteiger partial charge in [-0.2, -0.15) is 0 Å². The first-order valence-electron chi connectivity index (χ1n) is 5.52. The van der Waals surface area contributed by atoms with Crippen LogP contribution in [0.5, 0.6) is 11.5 Å². The Kier molecular flexibility index (Phi) is 5.76. The van der Waals surface area contributed by atoms with E-state index in [1.54, 1.807) is 14.2 Å². The Morgan fingerprint density at radius 2 is 1.76 bits per heavy atom. The topological polar surface area (TPSA) is 65.7 Å². The maximum absolute atomic E-state index is 5.52. The molecule has 96 valence electrons. The standard InChI is InChI=1S/C12H20N2O3/c1-4-17-8-12(14-13)9-5-10(15-2)7-11(6-9)16-3/h5-7,12,14H,4,8,13H2,1-3H3. The van der Waals surface area contributed by atoms with Crippen molar-refractivity contribution in [2.75, 3.05) is 27.4 Å². The molecule has 3 N–H and O–H groups in total. The van der Waals surface area contributed by atoms with Gasteiger partial charge in [-0.3, -0.25) is 11.3 Å². The molecular weight excluding hydrogens is 220 g/mol. The van der Waals surface area contributed by atoms with E-state index >= 15 is 0 Å². The van der Waals surface area contributed by atoms with Gasteiger partial charge < -0.3 is 14.2 Å². The van der Waals surface area contributed by atoms with Crippen LogP contribution in [0, 0.1) is 0 Å². The van der Waals surface area contributed by atoms with Crippen LogP contribution in [0.1, 0.15) is 18.5 Å². The molecule has 1 rings (SSSR count). The number of hydrogen-bond acceptors (Lipinski definition) is 5. The van der Waals surface area contributed by atoms with Crippen molar-refractivity contribution in [3.8, 4) is 11.5 Å². The predicted octanol–water partition coefficient (Wildman–Crippen LogP) is 1.24. The molecule has 0 fully saturated rings. The Balaban J connectivity index is 2.92. The molecule has 1 aromatic rings. The monoisotopic (exact) mass is 240 g/mol. The number of hydrogen-bond donors (Lipinski definition) is 2. The number of benzene rings is 1. The lowest BCUT2D eigenvalue weighted by Crippen LogP contribution is -2.31. The normalized spacial score (nSPS) is 12.2. The van der Waals surface area contributed by atoms with Crippen LogP contribution >= 0.6 is 0 Å². The fourth-order valence-corrected chi connectivity index (χ4v) is 1.51. The number of nitrogens with two attached hydrogens (primary N) is 1. The minimum absolute atomic E-state index is 0.0843. The van der Waals surface area contributed by atoms with E-state index in [0.717, 1.165) is 17.1 Å². The Morgan fingerprint density at radius 3 is 2.18 bits per heavy atom. The third-order valence-corrected chi connectivity index (χ3v) is 2.47. The van der Waals surface area contributed by atoms with Crippen LogP contribution in [-0.2, 0) is 4.74 Å². The van der Waals surface area contributed by atoms with Gasteiger partial charge in [0, 0.05) is 12.7 Å². The number of ether oxygens (including phenoxy) is 3. The maximum atomic E-state index is 5.52. The first-order valence-corrected chi connectivity index (χ1v) is 5.52. The molecule has 0 saturated heterocycles. The quantitative estimate of drug-likeness (QED) is 0.554. The second-order valence-electron chi connectivity index (χ2n) is 3.52. The van der Waals surface area contributed by atoms with E-state index < -0.39 is 0 Å². The highest BCUT2D eigenvalue weighted by Crippen LogP contribution is 2.26. The second-order valence-corrected chi connectivity index (χ2v) is 3.52. The molecular formula is C12H20N2O3. The fraction of sp³-hybridized carbons (Fsp3) is 0.500. The van der Waals surface area contributed by atoms with E-state index in [9.17, 15) is 0 Å². The van der Waals surface area contributed by atoms with E-state index in [2.05, 4.69) is 5.43 Å². The molecule has 17 heavy (non-hydrogen) atoms. The molecule has 0 aromatic heterocycles. The summed E-state index contributed by atoms with van der Waals surface area (Å²) in [5, 5.41) is 0. The van der Waals surface area contributed by atoms with Crippen LogP contribution in [0.15, 0.2) is 18.2 Å². The Bertz CT molecular complexity index is 322. The Labute approximate surface area is 102 Å². The summed E-state index contributed by atoms with van der Waals surface area (Å²) < 4.78 is 15.8. The van der Waals surface area contributed by atoms with Crippen molar-refractivity contribution in [2.45, 2.75) is 13.0 Å². The van der Waals surface area contributed by atoms with Gasteiger partial charge in [0.05, 0.1) is 26.9 Å². The van der Waals surface area contributed by atoms with Gasteiger partial charge in [-0.25, -0.2) is 0 Å². The van der Waals surface area contributed by atoms with E-state index in [1.807, 2.05) is 25.1 Å². The molecule has 0 aliphatic heterocycles. The van der Waals surface area contributed by atoms with Gasteiger partial charge in [-0.15, -0.1) is 0 Å². The number of rotatable bonds is 7. The molecule has 5 nitrogen and oxygen atoms in total. The first-order chi connectivity index (χ1) is 8.24. The zero-order chi connectivity index (χ0) is 12.7. The van der Waals surface area contributed by atoms with Gasteiger partial charge in [-0.1, -0.05) is 0 Å². The molecule has 1 unspecified atom stereocenters. The molecule has 0 radical (unpaired) electrons. The van der Waals surface area contributed by atoms with Gasteiger partial charge in [0.1, 0.15) is 11.5 Å². The summed E-state index contributed by atoms with van der Waals surface area (Å²) in [6.45, 7) is 3.10. The molecule has 0 bridgehead atoms. The third kappa shape index (κ3) is 3.89. The van der Waals surface area contributed by atoms with E-state index in [4.69, 9.17) is 20.1 Å². The molecule has 0 saturated carbocycles. The van der Waals surface area contributed by atoms with Crippen LogP contribution in [0.3, 0.4) is 0 Å². The highest BCUT2D eigenvalue weighted by molar-refractivity contribution is 5.39. The smallest absolute Gasteiger partial charge is 0.122 e. The van der Waals surface area contributed by atoms with E-state index in [0.29, 0.717) is 13.2 Å². The van der Waals surface area contributed by atoms with Gasteiger partial charge in [-0.05, 0) is 24.6 Å². The molecule has 1 atom stereocenters. The average Bonchev–Trinajstić information content (AvgIpc) is 2.39. The SMILES string of the molecule is CCOCC(NN)c1cc(OC)cc(OC)c1. The van der Waals surface area contributed by atoms with Crippen LogP contribution in [0.2, 0.25) is 0 Å². The van der Waals surface area contributed by atoms with Crippen LogP contribution < -0.4 is 20.7 Å². The highest BCUT2D eigenvalue weighted by Gasteiger charge is 2.12. The van der Waals surface area contributed by atoms with Crippen molar-refractivity contribution >= 4 is 0 Å². The maximum Gasteiger partial charge on any atom is 0.122 e. The molecule has 1 aromatic carbocycles. The van der Waals surface area contributed by atoms with Crippen molar-refractivity contribution < 1.29 is 14.2 Å². The first kappa shape index (κ1) is 13.8. The summed E-state index contributed by atoms with van der Waals surface area (Å²) in [4.78, 5) is 0. The zero-order valence-electron chi connectivity index (χ0n) is 10.5. The van der Waals surface area contributed by atoms with Gasteiger partial charge in [0.15, 0.2) is 0 Å². The lowest BCUT2D eigenvalue weighted by atomic mass is 10.1. The van der Waals surface area contributed by atoms with Gasteiger partial charge in [0.25, 0.3) is 0 Å². The summed E-state index contributed by atoms with van der Waals surface area (Å²) >= 11 is 0. The van der Waals surface area contributed by atoms with Crippen LogP contribution in [0.25, 0.3) is 0 Å². The van der Waals surface area contributed by atoms with Crippen molar-refractivity contribution in [3.63, 3.8) is 0 Å². The largest absolute Gasteiger partial charge is 0.497 e. The van der Waals surface area contributed by atoms with Gasteiger partial charge in [0.2, 0.25) is 0 Å². The number of nitrogens with one attached hydrogen (secondary N) is 1. The van der Waals surface area contributed by atoms with Crippen molar-refractivity contribution in [2.24, 2.45) is 5.84 Å². The molecule has 0 spiro atoms. The summed E-state index contributed by atoms with van der Waals surface area (Å²) in [6, 6.07) is 5.55. The third-order valence-electron chi connectivity index (χ3n) is 2.47.